The summed E-state index contributed by atoms with van der Waals surface area (Å²) in [6.45, 7) is 10.2. The minimum Gasteiger partial charge on any atom is -0.476 e. The average Bonchev–Trinajstić information content (AvgIpc) is 2.43. The highest BCUT2D eigenvalue weighted by atomic mass is 16.5. The highest BCUT2D eigenvalue weighted by Crippen LogP contribution is 2.21. The molecular weight excluding hydrogens is 226 g/mol. The lowest BCUT2D eigenvalue weighted by atomic mass is 10.1. The SMILES string of the molecule is CCN(CC)CCOc1ncccc1C(C)NC. The van der Waals surface area contributed by atoms with Gasteiger partial charge in [-0.15, -0.1) is 0 Å². The lowest BCUT2D eigenvalue weighted by molar-refractivity contribution is 0.216. The summed E-state index contributed by atoms with van der Waals surface area (Å²) >= 11 is 0. The maximum atomic E-state index is 5.80. The molecule has 1 aromatic rings. The molecule has 0 bridgehead atoms. The number of likely N-dealkylation sites (N-methyl/N-ethyl adjacent to an activating group) is 1. The number of aromatic nitrogens is 1. The number of hydrogen-bond donors (Lipinski definition) is 1. The molecule has 1 heterocycles. The zero-order chi connectivity index (χ0) is 13.4. The number of hydrogen-bond acceptors (Lipinski definition) is 4. The van der Waals surface area contributed by atoms with Crippen LogP contribution in [0.15, 0.2) is 18.3 Å². The van der Waals surface area contributed by atoms with Crippen molar-refractivity contribution in [3.63, 3.8) is 0 Å². The fourth-order valence-electron chi connectivity index (χ4n) is 1.82. The van der Waals surface area contributed by atoms with E-state index in [1.807, 2.05) is 13.1 Å². The minimum atomic E-state index is 0.252. The van der Waals surface area contributed by atoms with Crippen LogP contribution >= 0.6 is 0 Å². The Labute approximate surface area is 110 Å². The van der Waals surface area contributed by atoms with Crippen molar-refractivity contribution in [3.8, 4) is 5.88 Å². The molecule has 0 spiro atoms. The van der Waals surface area contributed by atoms with Gasteiger partial charge >= 0.3 is 0 Å². The van der Waals surface area contributed by atoms with Crippen molar-refractivity contribution < 1.29 is 4.74 Å². The molecular formula is C14H25N3O. The van der Waals surface area contributed by atoms with Gasteiger partial charge in [-0.05, 0) is 33.1 Å². The van der Waals surface area contributed by atoms with Crippen molar-refractivity contribution in [3.05, 3.63) is 23.9 Å². The van der Waals surface area contributed by atoms with Crippen LogP contribution in [-0.4, -0.2) is 43.2 Å². The average molecular weight is 251 g/mol. The third kappa shape index (κ3) is 4.27. The van der Waals surface area contributed by atoms with Crippen LogP contribution < -0.4 is 10.1 Å². The first-order valence-corrected chi connectivity index (χ1v) is 6.70. The topological polar surface area (TPSA) is 37.4 Å². The third-order valence-electron chi connectivity index (χ3n) is 3.24. The summed E-state index contributed by atoms with van der Waals surface area (Å²) in [6, 6.07) is 4.25. The van der Waals surface area contributed by atoms with Crippen molar-refractivity contribution in [2.24, 2.45) is 0 Å². The molecule has 0 aliphatic carbocycles. The second-order valence-corrected chi connectivity index (χ2v) is 4.28. The number of rotatable bonds is 8. The number of pyridine rings is 1. The van der Waals surface area contributed by atoms with Gasteiger partial charge in [0.05, 0.1) is 0 Å². The fraction of sp³-hybridized carbons (Fsp3) is 0.643. The van der Waals surface area contributed by atoms with Crippen molar-refractivity contribution in [1.29, 1.82) is 0 Å². The summed E-state index contributed by atoms with van der Waals surface area (Å²) in [5.41, 5.74) is 1.11. The molecule has 0 aliphatic heterocycles. The highest BCUT2D eigenvalue weighted by molar-refractivity contribution is 5.28. The Balaban J connectivity index is 2.56. The van der Waals surface area contributed by atoms with E-state index < -0.39 is 0 Å². The molecule has 4 nitrogen and oxygen atoms in total. The molecule has 18 heavy (non-hydrogen) atoms. The summed E-state index contributed by atoms with van der Waals surface area (Å²) in [4.78, 5) is 6.65. The highest BCUT2D eigenvalue weighted by Gasteiger charge is 2.10. The molecule has 0 amide bonds. The smallest absolute Gasteiger partial charge is 0.218 e. The van der Waals surface area contributed by atoms with E-state index in [4.69, 9.17) is 4.74 Å². The van der Waals surface area contributed by atoms with E-state index in [0.29, 0.717) is 6.61 Å². The van der Waals surface area contributed by atoms with Crippen LogP contribution in [0.1, 0.15) is 32.4 Å². The van der Waals surface area contributed by atoms with Gasteiger partial charge in [0.1, 0.15) is 6.61 Å². The second-order valence-electron chi connectivity index (χ2n) is 4.28. The monoisotopic (exact) mass is 251 g/mol. The first-order chi connectivity index (χ1) is 8.72. The molecule has 0 saturated carbocycles. The molecule has 0 radical (unpaired) electrons. The summed E-state index contributed by atoms with van der Waals surface area (Å²) < 4.78 is 5.80. The van der Waals surface area contributed by atoms with E-state index in [0.717, 1.165) is 31.1 Å². The van der Waals surface area contributed by atoms with Crippen LogP contribution in [0, 0.1) is 0 Å². The van der Waals surface area contributed by atoms with Crippen LogP contribution in [0.2, 0.25) is 0 Å². The molecule has 0 aromatic carbocycles. The van der Waals surface area contributed by atoms with Gasteiger partial charge in [0, 0.05) is 24.3 Å². The van der Waals surface area contributed by atoms with Crippen LogP contribution in [0.4, 0.5) is 0 Å². The first kappa shape index (κ1) is 14.9. The van der Waals surface area contributed by atoms with Crippen molar-refractivity contribution in [1.82, 2.24) is 15.2 Å². The minimum absolute atomic E-state index is 0.252. The van der Waals surface area contributed by atoms with Crippen molar-refractivity contribution in [2.45, 2.75) is 26.8 Å². The number of nitrogens with one attached hydrogen (secondary N) is 1. The maximum Gasteiger partial charge on any atom is 0.218 e. The van der Waals surface area contributed by atoms with Gasteiger partial charge in [0.25, 0.3) is 0 Å². The summed E-state index contributed by atoms with van der Waals surface area (Å²) in [7, 11) is 1.94. The van der Waals surface area contributed by atoms with E-state index >= 15 is 0 Å². The Morgan fingerprint density at radius 2 is 2.11 bits per heavy atom. The molecule has 4 heteroatoms. The summed E-state index contributed by atoms with van der Waals surface area (Å²) in [5.74, 6) is 0.742. The lowest BCUT2D eigenvalue weighted by Crippen LogP contribution is -2.28. The van der Waals surface area contributed by atoms with Crippen LogP contribution in [0.5, 0.6) is 5.88 Å². The predicted molar refractivity (Wildman–Crippen MR) is 75.0 cm³/mol. The fourth-order valence-corrected chi connectivity index (χ4v) is 1.82. The van der Waals surface area contributed by atoms with Gasteiger partial charge in [-0.2, -0.15) is 0 Å². The number of nitrogens with zero attached hydrogens (tertiary/aromatic N) is 2. The summed E-state index contributed by atoms with van der Waals surface area (Å²) in [5, 5.41) is 3.21. The number of ether oxygens (including phenoxy) is 1. The molecule has 1 N–H and O–H groups in total. The van der Waals surface area contributed by atoms with Gasteiger partial charge in [-0.1, -0.05) is 19.9 Å². The predicted octanol–water partition coefficient (Wildman–Crippen LogP) is 2.08. The molecule has 102 valence electrons. The lowest BCUT2D eigenvalue weighted by Gasteiger charge is -2.19. The van der Waals surface area contributed by atoms with Gasteiger partial charge < -0.3 is 15.0 Å². The molecule has 0 fully saturated rings. The molecule has 1 rings (SSSR count). The Hall–Kier alpha value is -1.13. The van der Waals surface area contributed by atoms with Crippen molar-refractivity contribution >= 4 is 0 Å². The second kappa shape index (κ2) is 8.06. The summed E-state index contributed by atoms with van der Waals surface area (Å²) in [6.07, 6.45) is 1.78. The molecule has 0 aliphatic rings. The van der Waals surface area contributed by atoms with E-state index in [1.165, 1.54) is 0 Å². The molecule has 1 aromatic heterocycles. The van der Waals surface area contributed by atoms with Gasteiger partial charge in [-0.25, -0.2) is 4.98 Å². The van der Waals surface area contributed by atoms with Gasteiger partial charge in [-0.3, -0.25) is 0 Å². The zero-order valence-corrected chi connectivity index (χ0v) is 11.9. The Morgan fingerprint density at radius 3 is 2.72 bits per heavy atom. The quantitative estimate of drug-likeness (QED) is 0.767. The maximum absolute atomic E-state index is 5.80. The largest absolute Gasteiger partial charge is 0.476 e. The Kier molecular flexibility index (Phi) is 6.68. The van der Waals surface area contributed by atoms with E-state index in [1.54, 1.807) is 6.20 Å². The molecule has 1 unspecified atom stereocenters. The zero-order valence-electron chi connectivity index (χ0n) is 11.9. The van der Waals surface area contributed by atoms with Gasteiger partial charge in [0.15, 0.2) is 0 Å². The van der Waals surface area contributed by atoms with E-state index in [2.05, 4.69) is 42.0 Å². The Morgan fingerprint density at radius 1 is 1.39 bits per heavy atom. The first-order valence-electron chi connectivity index (χ1n) is 6.70. The van der Waals surface area contributed by atoms with Crippen LogP contribution in [0.3, 0.4) is 0 Å². The van der Waals surface area contributed by atoms with Crippen LogP contribution in [-0.2, 0) is 0 Å². The molecule has 0 saturated heterocycles. The van der Waals surface area contributed by atoms with Crippen LogP contribution in [0.25, 0.3) is 0 Å². The van der Waals surface area contributed by atoms with Crippen molar-refractivity contribution in [2.75, 3.05) is 33.3 Å². The van der Waals surface area contributed by atoms with Gasteiger partial charge in [0.2, 0.25) is 5.88 Å². The standard InChI is InChI=1S/C14H25N3O/c1-5-17(6-2)10-11-18-14-13(12(3)15-4)8-7-9-16-14/h7-9,12,15H,5-6,10-11H2,1-4H3. The van der Waals surface area contributed by atoms with E-state index in [-0.39, 0.29) is 6.04 Å². The molecule has 1 atom stereocenters. The Bertz CT molecular complexity index is 340. The third-order valence-corrected chi connectivity index (χ3v) is 3.24. The normalized spacial score (nSPS) is 12.7. The van der Waals surface area contributed by atoms with E-state index in [9.17, 15) is 0 Å².